The zero-order valence-corrected chi connectivity index (χ0v) is 9.30. The highest BCUT2D eigenvalue weighted by molar-refractivity contribution is 5.63. The molecule has 2 N–H and O–H groups in total. The lowest BCUT2D eigenvalue weighted by molar-refractivity contribution is 0.0254. The van der Waals surface area contributed by atoms with Gasteiger partial charge in [-0.15, -0.1) is 0 Å². The molecule has 1 aliphatic heterocycles. The van der Waals surface area contributed by atoms with E-state index in [-0.39, 0.29) is 0 Å². The summed E-state index contributed by atoms with van der Waals surface area (Å²) in [4.78, 5) is 6.74. The number of pyridine rings is 1. The molecule has 1 saturated carbocycles. The molecule has 2 heterocycles. The molecule has 3 rings (SSSR count). The monoisotopic (exact) mass is 219 g/mol. The van der Waals surface area contributed by atoms with Crippen molar-refractivity contribution in [3.05, 3.63) is 18.3 Å². The second-order valence-electron chi connectivity index (χ2n) is 4.52. The first-order valence-corrected chi connectivity index (χ1v) is 5.95. The van der Waals surface area contributed by atoms with Gasteiger partial charge in [-0.3, -0.25) is 0 Å². The summed E-state index contributed by atoms with van der Waals surface area (Å²) in [6, 6.07) is 4.28. The number of fused-ring (bicyclic) bond motifs is 1. The minimum absolute atomic E-state index is 0.384. The van der Waals surface area contributed by atoms with Gasteiger partial charge < -0.3 is 15.4 Å². The van der Waals surface area contributed by atoms with E-state index in [1.165, 1.54) is 19.3 Å². The van der Waals surface area contributed by atoms with Crippen molar-refractivity contribution in [2.75, 3.05) is 23.8 Å². The molecule has 1 saturated heterocycles. The second kappa shape index (κ2) is 3.94. The molecule has 2 unspecified atom stereocenters. The Morgan fingerprint density at radius 1 is 1.44 bits per heavy atom. The van der Waals surface area contributed by atoms with E-state index in [4.69, 9.17) is 10.5 Å². The summed E-state index contributed by atoms with van der Waals surface area (Å²) in [6.07, 6.45) is 5.81. The first-order chi connectivity index (χ1) is 7.86. The Morgan fingerprint density at radius 2 is 2.38 bits per heavy atom. The van der Waals surface area contributed by atoms with Crippen LogP contribution in [0, 0.1) is 0 Å². The molecule has 4 heteroatoms. The smallest absolute Gasteiger partial charge is 0.152 e. The van der Waals surface area contributed by atoms with Crippen LogP contribution in [0.25, 0.3) is 0 Å². The summed E-state index contributed by atoms with van der Waals surface area (Å²) >= 11 is 0. The number of aromatic nitrogens is 1. The SMILES string of the molecule is Nc1cccnc1N1CCOC2CCCC21. The number of ether oxygens (including phenoxy) is 1. The lowest BCUT2D eigenvalue weighted by atomic mass is 10.1. The summed E-state index contributed by atoms with van der Waals surface area (Å²) in [5.41, 5.74) is 6.76. The fourth-order valence-corrected chi connectivity index (χ4v) is 2.84. The third-order valence-corrected chi connectivity index (χ3v) is 3.57. The maximum Gasteiger partial charge on any atom is 0.152 e. The van der Waals surface area contributed by atoms with Gasteiger partial charge in [0.25, 0.3) is 0 Å². The number of anilines is 2. The van der Waals surface area contributed by atoms with E-state index in [0.717, 1.165) is 24.7 Å². The Labute approximate surface area is 95.4 Å². The Balaban J connectivity index is 1.91. The molecule has 0 aromatic carbocycles. The molecular weight excluding hydrogens is 202 g/mol. The predicted molar refractivity (Wildman–Crippen MR) is 63.4 cm³/mol. The molecule has 16 heavy (non-hydrogen) atoms. The quantitative estimate of drug-likeness (QED) is 0.776. The zero-order valence-electron chi connectivity index (χ0n) is 9.30. The third kappa shape index (κ3) is 1.53. The second-order valence-corrected chi connectivity index (χ2v) is 4.52. The fourth-order valence-electron chi connectivity index (χ4n) is 2.84. The first-order valence-electron chi connectivity index (χ1n) is 5.95. The highest BCUT2D eigenvalue weighted by atomic mass is 16.5. The van der Waals surface area contributed by atoms with Gasteiger partial charge in [0.15, 0.2) is 5.82 Å². The minimum atomic E-state index is 0.384. The van der Waals surface area contributed by atoms with Crippen molar-refractivity contribution in [3.8, 4) is 0 Å². The van der Waals surface area contributed by atoms with Crippen LogP contribution < -0.4 is 10.6 Å². The number of hydrogen-bond acceptors (Lipinski definition) is 4. The van der Waals surface area contributed by atoms with Gasteiger partial charge in [-0.05, 0) is 31.4 Å². The van der Waals surface area contributed by atoms with Crippen LogP contribution in [-0.2, 0) is 4.74 Å². The van der Waals surface area contributed by atoms with Gasteiger partial charge in [0, 0.05) is 12.7 Å². The summed E-state index contributed by atoms with van der Waals surface area (Å²) in [5.74, 6) is 0.933. The van der Waals surface area contributed by atoms with Crippen LogP contribution in [0.15, 0.2) is 18.3 Å². The Hall–Kier alpha value is -1.29. The Bertz CT molecular complexity index is 382. The van der Waals surface area contributed by atoms with E-state index in [9.17, 15) is 0 Å². The summed E-state index contributed by atoms with van der Waals surface area (Å²) < 4.78 is 5.78. The van der Waals surface area contributed by atoms with E-state index in [2.05, 4.69) is 9.88 Å². The predicted octanol–water partition coefficient (Wildman–Crippen LogP) is 1.42. The van der Waals surface area contributed by atoms with E-state index in [0.29, 0.717) is 12.1 Å². The van der Waals surface area contributed by atoms with Crippen molar-refractivity contribution in [1.82, 2.24) is 4.98 Å². The van der Waals surface area contributed by atoms with E-state index in [1.54, 1.807) is 0 Å². The van der Waals surface area contributed by atoms with Gasteiger partial charge in [-0.1, -0.05) is 0 Å². The van der Waals surface area contributed by atoms with Crippen LogP contribution in [0.4, 0.5) is 11.5 Å². The van der Waals surface area contributed by atoms with Crippen molar-refractivity contribution in [2.45, 2.75) is 31.4 Å². The number of nitrogens with zero attached hydrogens (tertiary/aromatic N) is 2. The standard InChI is InChI=1S/C12H17N3O/c13-9-3-2-6-14-12(9)15-7-8-16-11-5-1-4-10(11)15/h2-3,6,10-11H,1,4-5,7-8,13H2. The molecule has 0 spiro atoms. The lowest BCUT2D eigenvalue weighted by Crippen LogP contribution is -2.49. The van der Waals surface area contributed by atoms with E-state index >= 15 is 0 Å². The number of morpholine rings is 1. The molecule has 86 valence electrons. The van der Waals surface area contributed by atoms with Gasteiger partial charge >= 0.3 is 0 Å². The van der Waals surface area contributed by atoms with Gasteiger partial charge in [-0.2, -0.15) is 0 Å². The number of nitrogens with two attached hydrogens (primary N) is 1. The molecule has 0 radical (unpaired) electrons. The van der Waals surface area contributed by atoms with Gasteiger partial charge in [0.1, 0.15) is 0 Å². The molecule has 2 aliphatic rings. The molecule has 0 amide bonds. The van der Waals surface area contributed by atoms with Crippen molar-refractivity contribution in [3.63, 3.8) is 0 Å². The Kier molecular flexibility index (Phi) is 2.44. The molecule has 2 fully saturated rings. The third-order valence-electron chi connectivity index (χ3n) is 3.57. The molecule has 1 aromatic heterocycles. The molecule has 0 bridgehead atoms. The molecule has 1 aromatic rings. The van der Waals surface area contributed by atoms with Crippen LogP contribution in [-0.4, -0.2) is 30.3 Å². The van der Waals surface area contributed by atoms with Gasteiger partial charge in [0.2, 0.25) is 0 Å². The van der Waals surface area contributed by atoms with Crippen molar-refractivity contribution >= 4 is 11.5 Å². The average molecular weight is 219 g/mol. The van der Waals surface area contributed by atoms with Crippen molar-refractivity contribution in [1.29, 1.82) is 0 Å². The highest BCUT2D eigenvalue weighted by Gasteiger charge is 2.37. The lowest BCUT2D eigenvalue weighted by Gasteiger charge is -2.38. The van der Waals surface area contributed by atoms with Crippen LogP contribution >= 0.6 is 0 Å². The fraction of sp³-hybridized carbons (Fsp3) is 0.583. The highest BCUT2D eigenvalue weighted by Crippen LogP contribution is 2.34. The molecular formula is C12H17N3O. The topological polar surface area (TPSA) is 51.4 Å². The van der Waals surface area contributed by atoms with Crippen LogP contribution in [0.2, 0.25) is 0 Å². The normalized spacial score (nSPS) is 29.1. The summed E-state index contributed by atoms with van der Waals surface area (Å²) in [7, 11) is 0. The maximum absolute atomic E-state index is 5.99. The van der Waals surface area contributed by atoms with Gasteiger partial charge in [0.05, 0.1) is 24.4 Å². The van der Waals surface area contributed by atoms with Crippen LogP contribution in [0.5, 0.6) is 0 Å². The average Bonchev–Trinajstić information content (AvgIpc) is 2.77. The number of rotatable bonds is 1. The largest absolute Gasteiger partial charge is 0.396 e. The van der Waals surface area contributed by atoms with Crippen molar-refractivity contribution < 1.29 is 4.74 Å². The van der Waals surface area contributed by atoms with Crippen molar-refractivity contribution in [2.24, 2.45) is 0 Å². The number of hydrogen-bond donors (Lipinski definition) is 1. The van der Waals surface area contributed by atoms with Crippen LogP contribution in [0.3, 0.4) is 0 Å². The van der Waals surface area contributed by atoms with Crippen LogP contribution in [0.1, 0.15) is 19.3 Å². The summed E-state index contributed by atoms with van der Waals surface area (Å²) in [5, 5.41) is 0. The molecule has 1 aliphatic carbocycles. The number of nitrogen functional groups attached to an aromatic ring is 1. The molecule has 4 nitrogen and oxygen atoms in total. The van der Waals surface area contributed by atoms with E-state index < -0.39 is 0 Å². The zero-order chi connectivity index (χ0) is 11.0. The summed E-state index contributed by atoms with van der Waals surface area (Å²) in [6.45, 7) is 1.69. The first kappa shape index (κ1) is 9.90. The van der Waals surface area contributed by atoms with E-state index in [1.807, 2.05) is 18.3 Å². The Morgan fingerprint density at radius 3 is 3.25 bits per heavy atom. The maximum atomic E-state index is 5.99. The van der Waals surface area contributed by atoms with Gasteiger partial charge in [-0.25, -0.2) is 4.98 Å². The molecule has 2 atom stereocenters. The minimum Gasteiger partial charge on any atom is -0.396 e.